The van der Waals surface area contributed by atoms with Crippen molar-refractivity contribution in [2.45, 2.75) is 38.8 Å². The van der Waals surface area contributed by atoms with E-state index in [4.69, 9.17) is 14.6 Å². The fraction of sp³-hybridized carbons (Fsp3) is 0.556. The number of carbonyl (C=O) groups is 2. The molecule has 1 amide bonds. The van der Waals surface area contributed by atoms with Gasteiger partial charge < -0.3 is 19.9 Å². The molecule has 3 rings (SSSR count). The van der Waals surface area contributed by atoms with Gasteiger partial charge in [0.25, 0.3) is 5.91 Å². The number of ether oxygens (including phenoxy) is 2. The third-order valence-corrected chi connectivity index (χ3v) is 5.08. The molecule has 0 aromatic heterocycles. The smallest absolute Gasteiger partial charge is 0.341 e. The zero-order valence-electron chi connectivity index (χ0n) is 14.0. The van der Waals surface area contributed by atoms with Gasteiger partial charge in [-0.1, -0.05) is 19.9 Å². The van der Waals surface area contributed by atoms with Crippen LogP contribution in [-0.2, 0) is 9.53 Å². The molecular formula is C18H23NO5. The van der Waals surface area contributed by atoms with Crippen LogP contribution in [0.25, 0.3) is 0 Å². The molecule has 130 valence electrons. The highest BCUT2D eigenvalue weighted by molar-refractivity contribution is 5.95. The molecular weight excluding hydrogens is 310 g/mol. The minimum atomic E-state index is -1.05. The molecule has 0 bridgehead atoms. The molecule has 1 aliphatic heterocycles. The molecule has 6 heteroatoms. The van der Waals surface area contributed by atoms with Crippen LogP contribution in [0.15, 0.2) is 24.3 Å². The van der Waals surface area contributed by atoms with E-state index in [9.17, 15) is 9.59 Å². The number of benzene rings is 1. The number of aliphatic carboxylic acids is 1. The lowest BCUT2D eigenvalue weighted by Crippen LogP contribution is -2.70. The third kappa shape index (κ3) is 3.11. The SMILES string of the molecule is CC1(C)C(NC(=O)c2cccc(OCC(=O)O)c2)C2CCCOC21. The van der Waals surface area contributed by atoms with Gasteiger partial charge in [-0.25, -0.2) is 4.79 Å². The van der Waals surface area contributed by atoms with Gasteiger partial charge in [-0.15, -0.1) is 0 Å². The number of nitrogens with one attached hydrogen (secondary N) is 1. The van der Waals surface area contributed by atoms with Gasteiger partial charge in [0.2, 0.25) is 0 Å². The summed E-state index contributed by atoms with van der Waals surface area (Å²) in [6, 6.07) is 6.67. The number of hydrogen-bond acceptors (Lipinski definition) is 4. The van der Waals surface area contributed by atoms with Crippen LogP contribution in [0.4, 0.5) is 0 Å². The fourth-order valence-electron chi connectivity index (χ4n) is 3.91. The second-order valence-corrected chi connectivity index (χ2v) is 7.08. The lowest BCUT2D eigenvalue weighted by atomic mass is 9.55. The molecule has 2 N–H and O–H groups in total. The number of carbonyl (C=O) groups excluding carboxylic acids is 1. The van der Waals surface area contributed by atoms with Crippen LogP contribution >= 0.6 is 0 Å². The van der Waals surface area contributed by atoms with E-state index in [1.54, 1.807) is 24.3 Å². The van der Waals surface area contributed by atoms with Gasteiger partial charge in [-0.2, -0.15) is 0 Å². The third-order valence-electron chi connectivity index (χ3n) is 5.08. The minimum absolute atomic E-state index is 0.0823. The molecule has 1 aromatic carbocycles. The van der Waals surface area contributed by atoms with E-state index in [-0.39, 0.29) is 23.5 Å². The number of amides is 1. The van der Waals surface area contributed by atoms with Crippen LogP contribution in [0.5, 0.6) is 5.75 Å². The first kappa shape index (κ1) is 16.8. The first-order valence-corrected chi connectivity index (χ1v) is 8.26. The van der Waals surface area contributed by atoms with Gasteiger partial charge in [0.1, 0.15) is 5.75 Å². The summed E-state index contributed by atoms with van der Waals surface area (Å²) < 4.78 is 11.0. The largest absolute Gasteiger partial charge is 0.482 e. The van der Waals surface area contributed by atoms with Crippen molar-refractivity contribution in [3.8, 4) is 5.75 Å². The second kappa shape index (κ2) is 6.43. The zero-order chi connectivity index (χ0) is 17.3. The lowest BCUT2D eigenvalue weighted by Gasteiger charge is -2.59. The number of rotatable bonds is 5. The van der Waals surface area contributed by atoms with Gasteiger partial charge in [0.05, 0.1) is 6.10 Å². The van der Waals surface area contributed by atoms with Crippen LogP contribution < -0.4 is 10.1 Å². The molecule has 1 aromatic rings. The Morgan fingerprint density at radius 3 is 2.96 bits per heavy atom. The van der Waals surface area contributed by atoms with E-state index < -0.39 is 12.6 Å². The topological polar surface area (TPSA) is 84.9 Å². The summed E-state index contributed by atoms with van der Waals surface area (Å²) >= 11 is 0. The Morgan fingerprint density at radius 1 is 1.42 bits per heavy atom. The quantitative estimate of drug-likeness (QED) is 0.862. The number of fused-ring (bicyclic) bond motifs is 1. The standard InChI is InChI=1S/C18H23NO5/c1-18(2)15(13-7-4-8-23-16(13)18)19-17(22)11-5-3-6-12(9-11)24-10-14(20)21/h3,5-6,9,13,15-16H,4,7-8,10H2,1-2H3,(H,19,22)(H,20,21). The Kier molecular flexibility index (Phi) is 4.49. The average molecular weight is 333 g/mol. The van der Waals surface area contributed by atoms with Crippen LogP contribution in [-0.4, -0.2) is 42.3 Å². The Labute approximate surface area is 141 Å². The maximum Gasteiger partial charge on any atom is 0.341 e. The van der Waals surface area contributed by atoms with E-state index in [0.29, 0.717) is 17.2 Å². The number of hydrogen-bond donors (Lipinski definition) is 2. The summed E-state index contributed by atoms with van der Waals surface area (Å²) in [5, 5.41) is 11.8. The summed E-state index contributed by atoms with van der Waals surface area (Å²) in [7, 11) is 0. The highest BCUT2D eigenvalue weighted by atomic mass is 16.5. The van der Waals surface area contributed by atoms with E-state index in [2.05, 4.69) is 19.2 Å². The van der Waals surface area contributed by atoms with E-state index in [0.717, 1.165) is 19.4 Å². The van der Waals surface area contributed by atoms with Crippen molar-refractivity contribution >= 4 is 11.9 Å². The average Bonchev–Trinajstić information content (AvgIpc) is 2.58. The lowest BCUT2D eigenvalue weighted by molar-refractivity contribution is -0.189. The van der Waals surface area contributed by atoms with E-state index in [1.807, 2.05) is 0 Å². The Morgan fingerprint density at radius 2 is 2.21 bits per heavy atom. The molecule has 2 fully saturated rings. The number of carboxylic acid groups (broad SMARTS) is 1. The number of carboxylic acids is 1. The van der Waals surface area contributed by atoms with Crippen molar-refractivity contribution in [2.75, 3.05) is 13.2 Å². The van der Waals surface area contributed by atoms with Crippen molar-refractivity contribution in [1.29, 1.82) is 0 Å². The van der Waals surface area contributed by atoms with E-state index >= 15 is 0 Å². The molecule has 6 nitrogen and oxygen atoms in total. The Hall–Kier alpha value is -2.08. The molecule has 24 heavy (non-hydrogen) atoms. The van der Waals surface area contributed by atoms with Crippen LogP contribution in [0, 0.1) is 11.3 Å². The van der Waals surface area contributed by atoms with Crippen molar-refractivity contribution in [3.63, 3.8) is 0 Å². The van der Waals surface area contributed by atoms with Gasteiger partial charge >= 0.3 is 5.97 Å². The summed E-state index contributed by atoms with van der Waals surface area (Å²) in [5.41, 5.74) is 0.381. The normalized spacial score (nSPS) is 27.5. The maximum atomic E-state index is 12.6. The zero-order valence-corrected chi connectivity index (χ0v) is 14.0. The summed E-state index contributed by atoms with van der Waals surface area (Å²) in [4.78, 5) is 23.1. The first-order chi connectivity index (χ1) is 11.4. The monoisotopic (exact) mass is 333 g/mol. The molecule has 0 spiro atoms. The first-order valence-electron chi connectivity index (χ1n) is 8.26. The van der Waals surface area contributed by atoms with Crippen molar-refractivity contribution in [3.05, 3.63) is 29.8 Å². The molecule has 2 aliphatic rings. The fourth-order valence-corrected chi connectivity index (χ4v) is 3.91. The van der Waals surface area contributed by atoms with Crippen LogP contribution in [0.1, 0.15) is 37.0 Å². The van der Waals surface area contributed by atoms with Crippen molar-refractivity contribution < 1.29 is 24.2 Å². The van der Waals surface area contributed by atoms with Crippen molar-refractivity contribution in [1.82, 2.24) is 5.32 Å². The van der Waals surface area contributed by atoms with Crippen LogP contribution in [0.2, 0.25) is 0 Å². The van der Waals surface area contributed by atoms with E-state index in [1.165, 1.54) is 0 Å². The molecule has 3 atom stereocenters. The van der Waals surface area contributed by atoms with Gasteiger partial charge in [0, 0.05) is 29.5 Å². The highest BCUT2D eigenvalue weighted by Crippen LogP contribution is 2.51. The molecule has 3 unspecified atom stereocenters. The maximum absolute atomic E-state index is 12.6. The second-order valence-electron chi connectivity index (χ2n) is 7.08. The summed E-state index contributed by atoms with van der Waals surface area (Å²) in [6.07, 6.45) is 2.31. The summed E-state index contributed by atoms with van der Waals surface area (Å²) in [5.74, 6) is -0.483. The molecule has 0 radical (unpaired) electrons. The Bertz CT molecular complexity index is 642. The van der Waals surface area contributed by atoms with Gasteiger partial charge in [0.15, 0.2) is 6.61 Å². The predicted molar refractivity (Wildman–Crippen MR) is 87.1 cm³/mol. The Balaban J connectivity index is 1.66. The molecule has 1 saturated heterocycles. The summed E-state index contributed by atoms with van der Waals surface area (Å²) in [6.45, 7) is 4.61. The highest BCUT2D eigenvalue weighted by Gasteiger charge is 2.58. The van der Waals surface area contributed by atoms with Gasteiger partial charge in [-0.05, 0) is 31.0 Å². The van der Waals surface area contributed by atoms with Crippen LogP contribution in [0.3, 0.4) is 0 Å². The predicted octanol–water partition coefficient (Wildman–Crippen LogP) is 2.08. The van der Waals surface area contributed by atoms with Crippen molar-refractivity contribution in [2.24, 2.45) is 11.3 Å². The molecule has 1 aliphatic carbocycles. The molecule has 1 heterocycles. The molecule has 1 saturated carbocycles. The minimum Gasteiger partial charge on any atom is -0.482 e. The van der Waals surface area contributed by atoms with Gasteiger partial charge in [-0.3, -0.25) is 4.79 Å².